The Hall–Kier alpha value is -2.32. The van der Waals surface area contributed by atoms with Crippen molar-refractivity contribution >= 4 is 39.1 Å². The minimum Gasteiger partial charge on any atom is -0.370 e. The van der Waals surface area contributed by atoms with Gasteiger partial charge < -0.3 is 15.1 Å². The van der Waals surface area contributed by atoms with Gasteiger partial charge in [-0.3, -0.25) is 4.79 Å². The van der Waals surface area contributed by atoms with Crippen LogP contribution < -0.4 is 10.2 Å². The second kappa shape index (κ2) is 8.43. The van der Waals surface area contributed by atoms with E-state index in [1.807, 2.05) is 18.2 Å². The van der Waals surface area contributed by atoms with Crippen LogP contribution in [0.5, 0.6) is 0 Å². The van der Waals surface area contributed by atoms with Gasteiger partial charge in [-0.05, 0) is 48.6 Å². The van der Waals surface area contributed by atoms with Crippen LogP contribution in [0.3, 0.4) is 0 Å². The number of rotatable bonds is 4. The summed E-state index contributed by atoms with van der Waals surface area (Å²) in [5.41, 5.74) is 2.43. The van der Waals surface area contributed by atoms with E-state index in [-0.39, 0.29) is 18.2 Å². The molecule has 0 aromatic heterocycles. The van der Waals surface area contributed by atoms with E-state index in [4.69, 9.17) is 11.6 Å². The molecule has 0 unspecified atom stereocenters. The number of benzene rings is 1. The first kappa shape index (κ1) is 20.9. The highest BCUT2D eigenvalue weighted by Gasteiger charge is 2.25. The zero-order valence-corrected chi connectivity index (χ0v) is 18.4. The highest BCUT2D eigenvalue weighted by atomic mass is 35.5. The van der Waals surface area contributed by atoms with Crippen molar-refractivity contribution in [3.63, 3.8) is 0 Å². The predicted molar refractivity (Wildman–Crippen MR) is 119 cm³/mol. The number of piperidine rings is 1. The standard InChI is InChI=1S/C21H25ClN4O3S/c1-15-3-2-8-25(13-15)19-6-4-16(11-18(19)22)12-23-21(27)17-5-7-20-24-30(28,29)10-9-26(20)14-17/h4-7,11,14-15H,2-3,8-10,12-13H2,1H3,(H,23,27)/t15-/m0/s1. The average molecular weight is 449 g/mol. The molecule has 1 aromatic rings. The minimum atomic E-state index is -3.41. The maximum absolute atomic E-state index is 12.6. The Kier molecular flexibility index (Phi) is 5.88. The lowest BCUT2D eigenvalue weighted by molar-refractivity contribution is -0.117. The van der Waals surface area contributed by atoms with Crippen molar-refractivity contribution in [2.45, 2.75) is 26.3 Å². The molecule has 160 valence electrons. The Balaban J connectivity index is 1.38. The molecule has 0 bridgehead atoms. The molecule has 0 aliphatic carbocycles. The summed E-state index contributed by atoms with van der Waals surface area (Å²) < 4.78 is 26.9. The van der Waals surface area contributed by atoms with Gasteiger partial charge in [0, 0.05) is 32.4 Å². The molecule has 30 heavy (non-hydrogen) atoms. The van der Waals surface area contributed by atoms with Crippen LogP contribution in [0.1, 0.15) is 25.3 Å². The summed E-state index contributed by atoms with van der Waals surface area (Å²) in [5, 5.41) is 3.60. The molecule has 0 saturated carbocycles. The summed E-state index contributed by atoms with van der Waals surface area (Å²) in [6.45, 7) is 4.93. The van der Waals surface area contributed by atoms with Gasteiger partial charge >= 0.3 is 0 Å². The predicted octanol–water partition coefficient (Wildman–Crippen LogP) is 2.69. The van der Waals surface area contributed by atoms with Gasteiger partial charge in [0.05, 0.1) is 22.0 Å². The maximum Gasteiger partial charge on any atom is 0.256 e. The van der Waals surface area contributed by atoms with Gasteiger partial charge in [0.25, 0.3) is 15.9 Å². The smallest absolute Gasteiger partial charge is 0.256 e. The number of hydrogen-bond acceptors (Lipinski definition) is 5. The Morgan fingerprint density at radius 3 is 2.90 bits per heavy atom. The van der Waals surface area contributed by atoms with E-state index in [2.05, 4.69) is 21.5 Å². The molecule has 1 aromatic carbocycles. The summed E-state index contributed by atoms with van der Waals surface area (Å²) in [4.78, 5) is 16.6. The van der Waals surface area contributed by atoms with Gasteiger partial charge in [0.15, 0.2) is 0 Å². The first-order valence-electron chi connectivity index (χ1n) is 10.1. The number of sulfonamides is 1. The third kappa shape index (κ3) is 4.70. The molecular formula is C21H25ClN4O3S. The molecule has 4 rings (SSSR count). The van der Waals surface area contributed by atoms with Crippen molar-refractivity contribution in [2.24, 2.45) is 10.3 Å². The lowest BCUT2D eigenvalue weighted by Gasteiger charge is -2.33. The number of fused-ring (bicyclic) bond motifs is 1. The van der Waals surface area contributed by atoms with Crippen molar-refractivity contribution in [1.29, 1.82) is 0 Å². The van der Waals surface area contributed by atoms with Crippen LogP contribution in [-0.2, 0) is 21.4 Å². The fraction of sp³-hybridized carbons (Fsp3) is 0.429. The lowest BCUT2D eigenvalue weighted by Crippen LogP contribution is -2.38. The van der Waals surface area contributed by atoms with E-state index < -0.39 is 10.0 Å². The molecule has 1 N–H and O–H groups in total. The number of anilines is 1. The van der Waals surface area contributed by atoms with Crippen molar-refractivity contribution in [3.8, 4) is 0 Å². The number of amidine groups is 1. The van der Waals surface area contributed by atoms with Crippen molar-refractivity contribution in [3.05, 3.63) is 52.7 Å². The topological polar surface area (TPSA) is 82.1 Å². The summed E-state index contributed by atoms with van der Waals surface area (Å²) in [5.74, 6) is 0.711. The second-order valence-electron chi connectivity index (χ2n) is 8.01. The number of halogens is 1. The van der Waals surface area contributed by atoms with E-state index in [1.165, 1.54) is 12.8 Å². The first-order chi connectivity index (χ1) is 14.3. The van der Waals surface area contributed by atoms with Crippen LogP contribution >= 0.6 is 11.6 Å². The Labute approximate surface area is 182 Å². The molecule has 9 heteroatoms. The van der Waals surface area contributed by atoms with Crippen molar-refractivity contribution in [2.75, 3.05) is 30.3 Å². The molecule has 0 radical (unpaired) electrons. The van der Waals surface area contributed by atoms with Gasteiger partial charge in [-0.2, -0.15) is 0 Å². The van der Waals surface area contributed by atoms with Crippen LogP contribution in [0.2, 0.25) is 5.02 Å². The minimum absolute atomic E-state index is 0.0591. The van der Waals surface area contributed by atoms with E-state index >= 15 is 0 Å². The van der Waals surface area contributed by atoms with Crippen LogP contribution in [-0.4, -0.2) is 50.4 Å². The molecule has 1 saturated heterocycles. The SMILES string of the molecule is C[C@H]1CCCN(c2ccc(CNC(=O)C3=CN4CCS(=O)(=O)N=C4C=C3)cc2Cl)C1. The molecule has 7 nitrogen and oxygen atoms in total. The number of amides is 1. The monoisotopic (exact) mass is 448 g/mol. The highest BCUT2D eigenvalue weighted by molar-refractivity contribution is 7.90. The maximum atomic E-state index is 12.6. The fourth-order valence-electron chi connectivity index (χ4n) is 3.94. The van der Waals surface area contributed by atoms with Crippen LogP contribution in [0.4, 0.5) is 5.69 Å². The second-order valence-corrected chi connectivity index (χ2v) is 10.2. The number of carbonyl (C=O) groups is 1. The van der Waals surface area contributed by atoms with Crippen molar-refractivity contribution < 1.29 is 13.2 Å². The zero-order chi connectivity index (χ0) is 21.3. The summed E-state index contributed by atoms with van der Waals surface area (Å²) >= 11 is 6.53. The Bertz CT molecular complexity index is 1050. The zero-order valence-electron chi connectivity index (χ0n) is 16.8. The average Bonchev–Trinajstić information content (AvgIpc) is 2.71. The van der Waals surface area contributed by atoms with E-state index in [1.54, 1.807) is 23.3 Å². The molecule has 1 amide bonds. The quantitative estimate of drug-likeness (QED) is 0.765. The largest absolute Gasteiger partial charge is 0.370 e. The molecule has 3 heterocycles. The summed E-state index contributed by atoms with van der Waals surface area (Å²) in [7, 11) is -3.41. The highest BCUT2D eigenvalue weighted by Crippen LogP contribution is 2.30. The van der Waals surface area contributed by atoms with Crippen molar-refractivity contribution in [1.82, 2.24) is 10.2 Å². The Morgan fingerprint density at radius 2 is 2.13 bits per heavy atom. The lowest BCUT2D eigenvalue weighted by atomic mass is 9.99. The molecule has 0 spiro atoms. The van der Waals surface area contributed by atoms with Gasteiger partial charge in [-0.25, -0.2) is 8.42 Å². The molecule has 1 fully saturated rings. The molecule has 3 aliphatic rings. The molecule has 1 atom stereocenters. The fourth-order valence-corrected chi connectivity index (χ4v) is 5.24. The van der Waals surface area contributed by atoms with Gasteiger partial charge in [0.1, 0.15) is 5.84 Å². The van der Waals surface area contributed by atoms with Gasteiger partial charge in [-0.1, -0.05) is 24.6 Å². The first-order valence-corrected chi connectivity index (χ1v) is 12.1. The van der Waals surface area contributed by atoms with Crippen LogP contribution in [0.25, 0.3) is 0 Å². The summed E-state index contributed by atoms with van der Waals surface area (Å²) in [6, 6.07) is 5.92. The third-order valence-electron chi connectivity index (χ3n) is 5.55. The van der Waals surface area contributed by atoms with Crippen LogP contribution in [0.15, 0.2) is 46.5 Å². The third-order valence-corrected chi connectivity index (χ3v) is 7.02. The Morgan fingerprint density at radius 1 is 1.30 bits per heavy atom. The summed E-state index contributed by atoms with van der Waals surface area (Å²) in [6.07, 6.45) is 7.20. The van der Waals surface area contributed by atoms with E-state index in [0.29, 0.717) is 28.9 Å². The number of carbonyl (C=O) groups excluding carboxylic acids is 1. The molecular weight excluding hydrogens is 424 g/mol. The van der Waals surface area contributed by atoms with E-state index in [9.17, 15) is 13.2 Å². The van der Waals surface area contributed by atoms with Gasteiger partial charge in [-0.15, -0.1) is 4.40 Å². The van der Waals surface area contributed by atoms with Crippen LogP contribution in [0, 0.1) is 5.92 Å². The number of hydrogen-bond donors (Lipinski definition) is 1. The molecule has 3 aliphatic heterocycles. The van der Waals surface area contributed by atoms with Gasteiger partial charge in [0.2, 0.25) is 0 Å². The number of nitrogens with one attached hydrogen (secondary N) is 1. The normalized spacial score (nSPS) is 22.8. The van der Waals surface area contributed by atoms with E-state index in [0.717, 1.165) is 24.3 Å². The number of nitrogens with zero attached hydrogens (tertiary/aromatic N) is 3.